The molecule has 2 N–H and O–H groups in total. The first-order valence-electron chi connectivity index (χ1n) is 8.85. The van der Waals surface area contributed by atoms with Gasteiger partial charge in [0.15, 0.2) is 0 Å². The first-order valence-corrected chi connectivity index (χ1v) is 8.85. The van der Waals surface area contributed by atoms with Gasteiger partial charge in [0.25, 0.3) is 0 Å². The molecule has 2 atom stereocenters. The van der Waals surface area contributed by atoms with Gasteiger partial charge in [0.1, 0.15) is 0 Å². The molecule has 1 amide bonds. The number of piperidine rings is 1. The number of hydrogen-bond donors (Lipinski definition) is 1. The monoisotopic (exact) mass is 315 g/mol. The van der Waals surface area contributed by atoms with Crippen molar-refractivity contribution in [3.63, 3.8) is 0 Å². The van der Waals surface area contributed by atoms with Crippen LogP contribution in [0.4, 0.5) is 0 Å². The van der Waals surface area contributed by atoms with Crippen LogP contribution in [0, 0.1) is 11.3 Å². The van der Waals surface area contributed by atoms with Crippen LogP contribution in [-0.2, 0) is 11.3 Å². The second-order valence-corrected chi connectivity index (χ2v) is 7.58. The average Bonchev–Trinajstić information content (AvgIpc) is 2.98. The molecule has 2 fully saturated rings. The van der Waals surface area contributed by atoms with E-state index in [1.807, 2.05) is 6.07 Å². The normalized spacial score (nSPS) is 29.0. The molecule has 2 heterocycles. The number of benzene rings is 1. The summed E-state index contributed by atoms with van der Waals surface area (Å²) in [5.41, 5.74) is 7.32. The molecule has 3 rings (SSSR count). The molecule has 2 unspecified atom stereocenters. The van der Waals surface area contributed by atoms with Crippen LogP contribution >= 0.6 is 0 Å². The third-order valence-electron chi connectivity index (χ3n) is 5.47. The van der Waals surface area contributed by atoms with Crippen molar-refractivity contribution in [1.82, 2.24) is 9.80 Å². The van der Waals surface area contributed by atoms with Crippen molar-refractivity contribution in [1.29, 1.82) is 0 Å². The molecule has 4 heteroatoms. The fourth-order valence-electron chi connectivity index (χ4n) is 3.88. The lowest BCUT2D eigenvalue weighted by molar-refractivity contribution is -0.136. The summed E-state index contributed by atoms with van der Waals surface area (Å²) >= 11 is 0. The van der Waals surface area contributed by atoms with Crippen molar-refractivity contribution in [2.75, 3.05) is 32.7 Å². The molecule has 0 spiro atoms. The van der Waals surface area contributed by atoms with Gasteiger partial charge < -0.3 is 10.6 Å². The molecule has 1 aromatic rings. The Kier molecular flexibility index (Phi) is 5.02. The Morgan fingerprint density at radius 2 is 2.09 bits per heavy atom. The number of rotatable bonds is 4. The minimum Gasteiger partial charge on any atom is -0.342 e. The van der Waals surface area contributed by atoms with Gasteiger partial charge in [0.05, 0.1) is 5.92 Å². The van der Waals surface area contributed by atoms with E-state index in [1.165, 1.54) is 5.56 Å². The third kappa shape index (κ3) is 3.93. The van der Waals surface area contributed by atoms with E-state index in [-0.39, 0.29) is 11.3 Å². The molecule has 2 aliphatic heterocycles. The molecule has 1 aromatic carbocycles. The van der Waals surface area contributed by atoms with Gasteiger partial charge in [-0.3, -0.25) is 9.69 Å². The summed E-state index contributed by atoms with van der Waals surface area (Å²) in [5.74, 6) is 0.507. The first-order chi connectivity index (χ1) is 11.1. The summed E-state index contributed by atoms with van der Waals surface area (Å²) in [7, 11) is 0. The maximum Gasteiger partial charge on any atom is 0.226 e. The average molecular weight is 315 g/mol. The van der Waals surface area contributed by atoms with Gasteiger partial charge in [-0.2, -0.15) is 0 Å². The summed E-state index contributed by atoms with van der Waals surface area (Å²) in [5, 5.41) is 0. The third-order valence-corrected chi connectivity index (χ3v) is 5.47. The van der Waals surface area contributed by atoms with E-state index in [0.29, 0.717) is 12.5 Å². The van der Waals surface area contributed by atoms with Gasteiger partial charge in [-0.25, -0.2) is 0 Å². The van der Waals surface area contributed by atoms with Crippen molar-refractivity contribution in [3.8, 4) is 0 Å². The Morgan fingerprint density at radius 1 is 1.30 bits per heavy atom. The summed E-state index contributed by atoms with van der Waals surface area (Å²) in [6, 6.07) is 10.5. The Morgan fingerprint density at radius 3 is 2.78 bits per heavy atom. The molecule has 4 nitrogen and oxygen atoms in total. The molecular formula is C19H29N3O. The van der Waals surface area contributed by atoms with Crippen LogP contribution in [0.25, 0.3) is 0 Å². The lowest BCUT2D eigenvalue weighted by Crippen LogP contribution is -2.44. The lowest BCUT2D eigenvalue weighted by atomic mass is 9.90. The van der Waals surface area contributed by atoms with Gasteiger partial charge in [-0.05, 0) is 43.3 Å². The van der Waals surface area contributed by atoms with E-state index in [1.54, 1.807) is 0 Å². The zero-order valence-corrected chi connectivity index (χ0v) is 14.2. The van der Waals surface area contributed by atoms with Crippen LogP contribution in [-0.4, -0.2) is 48.4 Å². The highest BCUT2D eigenvalue weighted by atomic mass is 16.2. The largest absolute Gasteiger partial charge is 0.342 e. The zero-order chi connectivity index (χ0) is 16.3. The van der Waals surface area contributed by atoms with Crippen LogP contribution in [0.1, 0.15) is 31.7 Å². The van der Waals surface area contributed by atoms with E-state index < -0.39 is 0 Å². The highest BCUT2D eigenvalue weighted by Gasteiger charge is 2.38. The summed E-state index contributed by atoms with van der Waals surface area (Å²) in [6.45, 7) is 7.51. The molecule has 0 radical (unpaired) electrons. The number of hydrogen-bond acceptors (Lipinski definition) is 3. The van der Waals surface area contributed by atoms with E-state index in [2.05, 4.69) is 41.0 Å². The number of likely N-dealkylation sites (tertiary alicyclic amines) is 2. The number of carbonyl (C=O) groups is 1. The highest BCUT2D eigenvalue weighted by molar-refractivity contribution is 5.79. The van der Waals surface area contributed by atoms with Crippen LogP contribution < -0.4 is 5.73 Å². The van der Waals surface area contributed by atoms with Crippen molar-refractivity contribution in [3.05, 3.63) is 35.9 Å². The highest BCUT2D eigenvalue weighted by Crippen LogP contribution is 2.31. The van der Waals surface area contributed by atoms with Crippen molar-refractivity contribution >= 4 is 5.91 Å². The van der Waals surface area contributed by atoms with E-state index in [0.717, 1.165) is 52.0 Å². The second-order valence-electron chi connectivity index (χ2n) is 7.58. The number of amides is 1. The van der Waals surface area contributed by atoms with Gasteiger partial charge >= 0.3 is 0 Å². The van der Waals surface area contributed by atoms with E-state index in [9.17, 15) is 4.79 Å². The summed E-state index contributed by atoms with van der Waals surface area (Å²) in [6.07, 6.45) is 3.18. The van der Waals surface area contributed by atoms with Crippen LogP contribution in [0.2, 0.25) is 0 Å². The molecule has 23 heavy (non-hydrogen) atoms. The van der Waals surface area contributed by atoms with Gasteiger partial charge in [-0.1, -0.05) is 37.3 Å². The number of nitrogens with zero attached hydrogens (tertiary/aromatic N) is 2. The maximum atomic E-state index is 12.9. The predicted octanol–water partition coefficient (Wildman–Crippen LogP) is 2.10. The second kappa shape index (κ2) is 7.02. The molecule has 0 saturated carbocycles. The van der Waals surface area contributed by atoms with Crippen LogP contribution in [0.5, 0.6) is 0 Å². The molecule has 0 aliphatic carbocycles. The minimum atomic E-state index is 0.119. The SMILES string of the molecule is CC1(CN)CCN(C(=O)C2CCCN(Cc3ccccc3)C2)C1. The van der Waals surface area contributed by atoms with Crippen molar-refractivity contribution in [2.45, 2.75) is 32.7 Å². The fraction of sp³-hybridized carbons (Fsp3) is 0.632. The topological polar surface area (TPSA) is 49.6 Å². The molecular weight excluding hydrogens is 286 g/mol. The molecule has 0 bridgehead atoms. The quantitative estimate of drug-likeness (QED) is 0.925. The minimum absolute atomic E-state index is 0.119. The fourth-order valence-corrected chi connectivity index (χ4v) is 3.88. The summed E-state index contributed by atoms with van der Waals surface area (Å²) in [4.78, 5) is 17.3. The summed E-state index contributed by atoms with van der Waals surface area (Å²) < 4.78 is 0. The van der Waals surface area contributed by atoms with E-state index in [4.69, 9.17) is 5.73 Å². The van der Waals surface area contributed by atoms with Crippen LogP contribution in [0.15, 0.2) is 30.3 Å². The Bertz CT molecular complexity index is 533. The lowest BCUT2D eigenvalue weighted by Gasteiger charge is -2.34. The first kappa shape index (κ1) is 16.5. The molecule has 2 saturated heterocycles. The Hall–Kier alpha value is -1.39. The van der Waals surface area contributed by atoms with Gasteiger partial charge in [0, 0.05) is 26.2 Å². The standard InChI is InChI=1S/C19H29N3O/c1-19(14-20)9-11-22(15-19)18(23)17-8-5-10-21(13-17)12-16-6-3-2-4-7-16/h2-4,6-7,17H,5,8-15,20H2,1H3. The Labute approximate surface area is 139 Å². The molecule has 0 aromatic heterocycles. The smallest absolute Gasteiger partial charge is 0.226 e. The van der Waals surface area contributed by atoms with Gasteiger partial charge in [0.2, 0.25) is 5.91 Å². The zero-order valence-electron chi connectivity index (χ0n) is 14.2. The van der Waals surface area contributed by atoms with Crippen LogP contribution in [0.3, 0.4) is 0 Å². The van der Waals surface area contributed by atoms with Crippen molar-refractivity contribution in [2.24, 2.45) is 17.1 Å². The number of carbonyl (C=O) groups excluding carboxylic acids is 1. The van der Waals surface area contributed by atoms with Crippen molar-refractivity contribution < 1.29 is 4.79 Å². The molecule has 126 valence electrons. The number of nitrogens with two attached hydrogens (primary N) is 1. The molecule has 2 aliphatic rings. The predicted molar refractivity (Wildman–Crippen MR) is 92.8 cm³/mol. The van der Waals surface area contributed by atoms with E-state index >= 15 is 0 Å². The Balaban J connectivity index is 1.57. The maximum absolute atomic E-state index is 12.9. The van der Waals surface area contributed by atoms with Gasteiger partial charge in [-0.15, -0.1) is 0 Å².